The van der Waals surface area contributed by atoms with E-state index in [1.807, 2.05) is 6.07 Å². The maximum atomic E-state index is 12.0. The monoisotopic (exact) mass is 358 g/mol. The number of hydrogen-bond acceptors (Lipinski definition) is 6. The number of esters is 1. The smallest absolute Gasteiger partial charge is 0.339 e. The Labute approximate surface area is 151 Å². The van der Waals surface area contributed by atoms with Gasteiger partial charge in [-0.2, -0.15) is 0 Å². The molecule has 1 fully saturated rings. The van der Waals surface area contributed by atoms with Gasteiger partial charge < -0.3 is 24.8 Å². The summed E-state index contributed by atoms with van der Waals surface area (Å²) in [6, 6.07) is 3.55. The predicted molar refractivity (Wildman–Crippen MR) is 90.7 cm³/mol. The molecular formula is C20H22O6. The lowest BCUT2D eigenvalue weighted by Gasteiger charge is -2.59. The summed E-state index contributed by atoms with van der Waals surface area (Å²) in [5.74, 6) is 0.123. The Balaban J connectivity index is 1.71. The van der Waals surface area contributed by atoms with E-state index in [-0.39, 0.29) is 11.7 Å². The maximum absolute atomic E-state index is 12.0. The Kier molecular flexibility index (Phi) is 3.12. The van der Waals surface area contributed by atoms with Gasteiger partial charge in [-0.25, -0.2) is 4.79 Å². The number of hydrogen-bond donors (Lipinski definition) is 3. The Bertz CT molecular complexity index is 843. The normalized spacial score (nSPS) is 37.3. The van der Waals surface area contributed by atoms with E-state index in [4.69, 9.17) is 9.47 Å². The molecule has 3 aliphatic carbocycles. The third-order valence-corrected chi connectivity index (χ3v) is 6.82. The first kappa shape index (κ1) is 16.1. The standard InChI is InChI=1S/C20H22O6/c1-10(21)18(23)25-14-6-8-20(24)12-3-2-7-19(20)15-11(9-12)4-5-13(22)16(15)26-17(14)19/h4-6,10,12,17,21-22,24H,2-3,7-9H2,1H3/t10-,12+,17-,19-,20+/m0/s1. The molecule has 6 heteroatoms. The zero-order valence-electron chi connectivity index (χ0n) is 14.6. The quantitative estimate of drug-likeness (QED) is 0.696. The molecule has 0 radical (unpaired) electrons. The molecule has 138 valence electrons. The predicted octanol–water partition coefficient (Wildman–Crippen LogP) is 1.69. The lowest BCUT2D eigenvalue weighted by Crippen LogP contribution is -2.67. The van der Waals surface area contributed by atoms with E-state index in [0.29, 0.717) is 24.4 Å². The summed E-state index contributed by atoms with van der Waals surface area (Å²) in [6.07, 6.45) is 3.52. The van der Waals surface area contributed by atoms with E-state index in [9.17, 15) is 20.1 Å². The number of carbonyl (C=O) groups is 1. The molecule has 6 nitrogen and oxygen atoms in total. The molecule has 2 bridgehead atoms. The van der Waals surface area contributed by atoms with Crippen molar-refractivity contribution in [1.29, 1.82) is 0 Å². The summed E-state index contributed by atoms with van der Waals surface area (Å²) in [6.45, 7) is 1.35. The molecule has 26 heavy (non-hydrogen) atoms. The highest BCUT2D eigenvalue weighted by Gasteiger charge is 2.70. The zero-order chi connectivity index (χ0) is 18.3. The van der Waals surface area contributed by atoms with Gasteiger partial charge in [-0.3, -0.25) is 0 Å². The average Bonchev–Trinajstić information content (AvgIpc) is 2.94. The summed E-state index contributed by atoms with van der Waals surface area (Å²) < 4.78 is 11.6. The van der Waals surface area contributed by atoms with Gasteiger partial charge in [0.1, 0.15) is 11.9 Å². The van der Waals surface area contributed by atoms with E-state index in [0.717, 1.165) is 30.4 Å². The number of ether oxygens (including phenoxy) is 2. The summed E-state index contributed by atoms with van der Waals surface area (Å²) in [7, 11) is 0. The second-order valence-electron chi connectivity index (χ2n) is 8.04. The molecule has 1 heterocycles. The molecular weight excluding hydrogens is 336 g/mol. The van der Waals surface area contributed by atoms with E-state index >= 15 is 0 Å². The first-order chi connectivity index (χ1) is 12.4. The summed E-state index contributed by atoms with van der Waals surface area (Å²) in [5, 5.41) is 31.7. The topological polar surface area (TPSA) is 96.2 Å². The van der Waals surface area contributed by atoms with Crippen molar-refractivity contribution < 1.29 is 29.6 Å². The number of aromatic hydroxyl groups is 1. The van der Waals surface area contributed by atoms with Gasteiger partial charge in [-0.05, 0) is 56.2 Å². The fourth-order valence-corrected chi connectivity index (χ4v) is 5.73. The van der Waals surface area contributed by atoms with Crippen LogP contribution >= 0.6 is 0 Å². The van der Waals surface area contributed by atoms with E-state index in [1.165, 1.54) is 6.92 Å². The van der Waals surface area contributed by atoms with Gasteiger partial charge in [-0.1, -0.05) is 12.5 Å². The molecule has 3 N–H and O–H groups in total. The van der Waals surface area contributed by atoms with Crippen LogP contribution in [-0.4, -0.2) is 39.1 Å². The lowest BCUT2D eigenvalue weighted by atomic mass is 9.47. The van der Waals surface area contributed by atoms with E-state index in [1.54, 1.807) is 12.1 Å². The first-order valence-corrected chi connectivity index (χ1v) is 9.22. The maximum Gasteiger partial charge on any atom is 0.339 e. The number of benzene rings is 1. The molecule has 1 aliphatic heterocycles. The molecule has 4 aliphatic rings. The van der Waals surface area contributed by atoms with Crippen molar-refractivity contribution >= 4 is 5.97 Å². The highest BCUT2D eigenvalue weighted by molar-refractivity contribution is 5.75. The van der Waals surface area contributed by atoms with Crippen LogP contribution in [0.1, 0.15) is 43.7 Å². The molecule has 5 atom stereocenters. The summed E-state index contributed by atoms with van der Waals surface area (Å²) in [5.41, 5.74) is 0.265. The van der Waals surface area contributed by atoms with Crippen LogP contribution in [0.2, 0.25) is 0 Å². The Hall–Kier alpha value is -2.05. The fraction of sp³-hybridized carbons (Fsp3) is 0.550. The second-order valence-corrected chi connectivity index (χ2v) is 8.04. The molecule has 1 aromatic carbocycles. The van der Waals surface area contributed by atoms with Gasteiger partial charge in [0.15, 0.2) is 17.6 Å². The minimum atomic E-state index is -1.24. The van der Waals surface area contributed by atoms with Crippen molar-refractivity contribution in [2.24, 2.45) is 5.92 Å². The van der Waals surface area contributed by atoms with Crippen molar-refractivity contribution in [2.75, 3.05) is 0 Å². The molecule has 1 spiro atoms. The number of aliphatic hydroxyl groups excluding tert-OH is 1. The van der Waals surface area contributed by atoms with Crippen LogP contribution in [-0.2, 0) is 21.4 Å². The van der Waals surface area contributed by atoms with Gasteiger partial charge in [0.05, 0.1) is 11.0 Å². The van der Waals surface area contributed by atoms with Gasteiger partial charge in [0.2, 0.25) is 0 Å². The van der Waals surface area contributed by atoms with Crippen molar-refractivity contribution in [3.63, 3.8) is 0 Å². The van der Waals surface area contributed by atoms with Gasteiger partial charge in [0.25, 0.3) is 0 Å². The van der Waals surface area contributed by atoms with Crippen molar-refractivity contribution in [3.8, 4) is 11.5 Å². The summed E-state index contributed by atoms with van der Waals surface area (Å²) >= 11 is 0. The molecule has 0 unspecified atom stereocenters. The molecule has 1 aromatic rings. The zero-order valence-corrected chi connectivity index (χ0v) is 14.6. The van der Waals surface area contributed by atoms with Crippen LogP contribution in [0.25, 0.3) is 0 Å². The van der Waals surface area contributed by atoms with Crippen molar-refractivity contribution in [1.82, 2.24) is 0 Å². The molecule has 0 amide bonds. The number of aliphatic hydroxyl groups is 2. The number of carbonyl (C=O) groups excluding carboxylic acids is 1. The minimum absolute atomic E-state index is 0.0418. The molecule has 0 saturated heterocycles. The third kappa shape index (κ3) is 1.71. The lowest BCUT2D eigenvalue weighted by molar-refractivity contribution is -0.164. The highest BCUT2D eigenvalue weighted by atomic mass is 16.6. The molecule has 5 rings (SSSR count). The van der Waals surface area contributed by atoms with Crippen LogP contribution in [0, 0.1) is 5.92 Å². The van der Waals surface area contributed by atoms with Crippen molar-refractivity contribution in [2.45, 2.75) is 62.3 Å². The highest BCUT2D eigenvalue weighted by Crippen LogP contribution is 2.67. The Morgan fingerprint density at radius 3 is 3.00 bits per heavy atom. The van der Waals surface area contributed by atoms with Gasteiger partial charge in [0, 0.05) is 5.56 Å². The van der Waals surface area contributed by atoms with Crippen LogP contribution in [0.15, 0.2) is 24.0 Å². The number of phenolic OH excluding ortho intramolecular Hbond substituents is 1. The first-order valence-electron chi connectivity index (χ1n) is 9.22. The minimum Gasteiger partial charge on any atom is -0.504 e. The summed E-state index contributed by atoms with van der Waals surface area (Å²) in [4.78, 5) is 12.0. The number of phenols is 1. The van der Waals surface area contributed by atoms with Crippen LogP contribution in [0.3, 0.4) is 0 Å². The largest absolute Gasteiger partial charge is 0.504 e. The molecule has 0 aromatic heterocycles. The number of rotatable bonds is 2. The van der Waals surface area contributed by atoms with Crippen molar-refractivity contribution in [3.05, 3.63) is 35.1 Å². The average molecular weight is 358 g/mol. The third-order valence-electron chi connectivity index (χ3n) is 6.82. The van der Waals surface area contributed by atoms with E-state index < -0.39 is 29.2 Å². The molecule has 1 saturated carbocycles. The van der Waals surface area contributed by atoms with Crippen LogP contribution in [0.4, 0.5) is 0 Å². The van der Waals surface area contributed by atoms with Gasteiger partial charge in [-0.15, -0.1) is 0 Å². The SMILES string of the molecule is C[C@H](O)C(=O)OC1=CC[C@@]2(O)[C@@H]3CCC[C@@]24c2c(ccc(O)c2O[C@@H]14)C3. The second kappa shape index (κ2) is 5.02. The van der Waals surface area contributed by atoms with E-state index in [2.05, 4.69) is 0 Å². The van der Waals surface area contributed by atoms with Crippen LogP contribution in [0.5, 0.6) is 11.5 Å². The Morgan fingerprint density at radius 2 is 2.23 bits per heavy atom. The Morgan fingerprint density at radius 1 is 1.42 bits per heavy atom. The van der Waals surface area contributed by atoms with Crippen LogP contribution < -0.4 is 4.74 Å². The fourth-order valence-electron chi connectivity index (χ4n) is 5.73. The van der Waals surface area contributed by atoms with Gasteiger partial charge >= 0.3 is 5.97 Å².